The van der Waals surface area contributed by atoms with Crippen molar-refractivity contribution < 1.29 is 18.7 Å². The zero-order valence-electron chi connectivity index (χ0n) is 17.9. The molecule has 32 heavy (non-hydrogen) atoms. The zero-order chi connectivity index (χ0) is 22.5. The molecule has 0 spiro atoms. The molecule has 1 aliphatic heterocycles. The maximum atomic E-state index is 11.5. The minimum atomic E-state index is -0.355. The number of rotatable bonds is 7. The highest BCUT2D eigenvalue weighted by Crippen LogP contribution is 2.32. The number of furan rings is 1. The van der Waals surface area contributed by atoms with Crippen LogP contribution in [-0.2, 0) is 28.9 Å². The summed E-state index contributed by atoms with van der Waals surface area (Å²) < 4.78 is 16.6. The summed E-state index contributed by atoms with van der Waals surface area (Å²) in [7, 11) is 0. The maximum absolute atomic E-state index is 11.5. The molecule has 0 saturated carbocycles. The van der Waals surface area contributed by atoms with Crippen molar-refractivity contribution in [1.82, 2.24) is 4.90 Å². The Balaban J connectivity index is 1.37. The molecule has 1 aromatic heterocycles. The molecular weight excluding hydrogens is 449 g/mol. The lowest BCUT2D eigenvalue weighted by molar-refractivity contribution is -0.145. The number of fused-ring (bicyclic) bond motifs is 1. The largest absolute Gasteiger partial charge is 0.482 e. The van der Waals surface area contributed by atoms with Gasteiger partial charge in [-0.05, 0) is 73.4 Å². The average Bonchev–Trinajstić information content (AvgIpc) is 3.13. The third-order valence-electron chi connectivity index (χ3n) is 5.47. The Morgan fingerprint density at radius 2 is 1.84 bits per heavy atom. The van der Waals surface area contributed by atoms with E-state index in [1.165, 1.54) is 11.1 Å². The summed E-state index contributed by atoms with van der Waals surface area (Å²) in [4.78, 5) is 13.9. The van der Waals surface area contributed by atoms with E-state index in [2.05, 4.69) is 11.0 Å². The van der Waals surface area contributed by atoms with Gasteiger partial charge in [0.25, 0.3) is 0 Å². The van der Waals surface area contributed by atoms with Gasteiger partial charge in [0.15, 0.2) is 6.61 Å². The van der Waals surface area contributed by atoms with Crippen molar-refractivity contribution in [3.05, 3.63) is 75.5 Å². The van der Waals surface area contributed by atoms with Crippen LogP contribution in [0.3, 0.4) is 0 Å². The van der Waals surface area contributed by atoms with Gasteiger partial charge in [0.2, 0.25) is 0 Å². The minimum Gasteiger partial charge on any atom is -0.482 e. The molecule has 5 nitrogen and oxygen atoms in total. The molecule has 0 bridgehead atoms. The first kappa shape index (κ1) is 22.7. The maximum Gasteiger partial charge on any atom is 0.344 e. The van der Waals surface area contributed by atoms with Crippen molar-refractivity contribution >= 4 is 29.2 Å². The second-order valence-corrected chi connectivity index (χ2v) is 8.53. The Hall–Kier alpha value is -2.47. The fourth-order valence-corrected chi connectivity index (χ4v) is 4.36. The number of benzene rings is 2. The number of nitrogens with zero attached hydrogens (tertiary/aromatic N) is 1. The van der Waals surface area contributed by atoms with Gasteiger partial charge in [0.05, 0.1) is 18.2 Å². The van der Waals surface area contributed by atoms with Crippen LogP contribution in [0.1, 0.15) is 23.8 Å². The van der Waals surface area contributed by atoms with Gasteiger partial charge < -0.3 is 13.9 Å². The summed E-state index contributed by atoms with van der Waals surface area (Å²) in [6.45, 7) is 4.64. The van der Waals surface area contributed by atoms with Crippen molar-refractivity contribution in [2.75, 3.05) is 26.3 Å². The average molecular weight is 474 g/mol. The monoisotopic (exact) mass is 473 g/mol. The van der Waals surface area contributed by atoms with Gasteiger partial charge in [0, 0.05) is 23.7 Å². The second-order valence-electron chi connectivity index (χ2n) is 7.69. The SMILES string of the molecule is CCOC(=O)COc1ccc2c(c1)CCN(Cc1ccc(-c3ccc(Cl)cc3Cl)o1)CC2. The van der Waals surface area contributed by atoms with Crippen LogP contribution in [0.4, 0.5) is 0 Å². The van der Waals surface area contributed by atoms with Crippen LogP contribution in [0.15, 0.2) is 52.9 Å². The molecule has 4 rings (SSSR count). The molecule has 0 radical (unpaired) electrons. The molecular formula is C25H25Cl2NO4. The van der Waals surface area contributed by atoms with E-state index in [1.54, 1.807) is 13.0 Å². The third kappa shape index (κ3) is 5.66. The lowest BCUT2D eigenvalue weighted by Gasteiger charge is -2.18. The molecule has 7 heteroatoms. The fraction of sp³-hybridized carbons (Fsp3) is 0.320. The molecule has 2 aromatic carbocycles. The van der Waals surface area contributed by atoms with Crippen molar-refractivity contribution in [2.24, 2.45) is 0 Å². The summed E-state index contributed by atoms with van der Waals surface area (Å²) in [5.41, 5.74) is 3.40. The first-order valence-electron chi connectivity index (χ1n) is 10.7. The standard InChI is InChI=1S/C25H25Cl2NO4/c1-2-30-25(29)16-31-20-5-3-17-9-11-28(12-10-18(17)13-20)15-21-6-8-24(32-21)22-7-4-19(26)14-23(22)27/h3-8,13-14H,2,9-12,15-16H2,1H3. The number of ether oxygens (including phenoxy) is 2. The Morgan fingerprint density at radius 1 is 1.03 bits per heavy atom. The molecule has 0 unspecified atom stereocenters. The van der Waals surface area contributed by atoms with Gasteiger partial charge in [-0.3, -0.25) is 4.90 Å². The van der Waals surface area contributed by atoms with Gasteiger partial charge in [-0.15, -0.1) is 0 Å². The lowest BCUT2D eigenvalue weighted by atomic mass is 10.0. The summed E-state index contributed by atoms with van der Waals surface area (Å²) in [5, 5.41) is 1.17. The zero-order valence-corrected chi connectivity index (χ0v) is 19.4. The number of hydrogen-bond donors (Lipinski definition) is 0. The summed E-state index contributed by atoms with van der Waals surface area (Å²) in [6, 6.07) is 15.4. The Morgan fingerprint density at radius 3 is 2.62 bits per heavy atom. The lowest BCUT2D eigenvalue weighted by Crippen LogP contribution is -2.25. The first-order valence-corrected chi connectivity index (χ1v) is 11.4. The van der Waals surface area contributed by atoms with E-state index in [4.69, 9.17) is 37.1 Å². The summed E-state index contributed by atoms with van der Waals surface area (Å²) in [6.07, 6.45) is 1.85. The van der Waals surface area contributed by atoms with Crippen molar-refractivity contribution in [3.8, 4) is 17.1 Å². The molecule has 0 saturated heterocycles. The summed E-state index contributed by atoms with van der Waals surface area (Å²) >= 11 is 12.3. The van der Waals surface area contributed by atoms with Gasteiger partial charge in [-0.25, -0.2) is 4.79 Å². The normalized spacial score (nSPS) is 14.0. The number of carbonyl (C=O) groups excluding carboxylic acids is 1. The molecule has 0 aliphatic carbocycles. The molecule has 0 fully saturated rings. The third-order valence-corrected chi connectivity index (χ3v) is 6.02. The van der Waals surface area contributed by atoms with Crippen molar-refractivity contribution in [2.45, 2.75) is 26.3 Å². The first-order chi connectivity index (χ1) is 15.5. The second kappa shape index (κ2) is 10.4. The molecule has 3 aromatic rings. The molecule has 168 valence electrons. The fourth-order valence-electron chi connectivity index (χ4n) is 3.86. The van der Waals surface area contributed by atoms with E-state index in [9.17, 15) is 4.79 Å². The van der Waals surface area contributed by atoms with Crippen molar-refractivity contribution in [3.63, 3.8) is 0 Å². The molecule has 2 heterocycles. The highest BCUT2D eigenvalue weighted by molar-refractivity contribution is 6.36. The van der Waals surface area contributed by atoms with Gasteiger partial charge in [0.1, 0.15) is 17.3 Å². The predicted molar refractivity (Wildman–Crippen MR) is 125 cm³/mol. The minimum absolute atomic E-state index is 0.0722. The van der Waals surface area contributed by atoms with Crippen LogP contribution < -0.4 is 4.74 Å². The number of esters is 1. The van der Waals surface area contributed by atoms with E-state index in [0.717, 1.165) is 49.6 Å². The highest BCUT2D eigenvalue weighted by atomic mass is 35.5. The van der Waals surface area contributed by atoms with Gasteiger partial charge in [-0.1, -0.05) is 29.3 Å². The Labute approximate surface area is 197 Å². The van der Waals surface area contributed by atoms with Crippen LogP contribution in [0.2, 0.25) is 10.0 Å². The van der Waals surface area contributed by atoms with Crippen LogP contribution in [-0.4, -0.2) is 37.2 Å². The van der Waals surface area contributed by atoms with Gasteiger partial charge >= 0.3 is 5.97 Å². The topological polar surface area (TPSA) is 51.9 Å². The summed E-state index contributed by atoms with van der Waals surface area (Å²) in [5.74, 6) is 1.98. The smallest absolute Gasteiger partial charge is 0.344 e. The Kier molecular flexibility index (Phi) is 7.40. The number of halogens is 2. The molecule has 1 aliphatic rings. The quantitative estimate of drug-likeness (QED) is 0.406. The van der Waals surface area contributed by atoms with Crippen molar-refractivity contribution in [1.29, 1.82) is 0 Å². The van der Waals surface area contributed by atoms with Crippen LogP contribution in [0.5, 0.6) is 5.75 Å². The Bertz CT molecular complexity index is 1100. The van der Waals surface area contributed by atoms with E-state index >= 15 is 0 Å². The van der Waals surface area contributed by atoms with Crippen LogP contribution in [0.25, 0.3) is 11.3 Å². The number of carbonyl (C=O) groups is 1. The molecule has 0 atom stereocenters. The predicted octanol–water partition coefficient (Wildman–Crippen LogP) is 5.80. The van der Waals surface area contributed by atoms with Crippen LogP contribution in [0, 0.1) is 0 Å². The van der Waals surface area contributed by atoms with E-state index in [0.29, 0.717) is 22.4 Å². The van der Waals surface area contributed by atoms with E-state index in [1.807, 2.05) is 36.4 Å². The van der Waals surface area contributed by atoms with Crippen LogP contribution >= 0.6 is 23.2 Å². The number of hydrogen-bond acceptors (Lipinski definition) is 5. The van der Waals surface area contributed by atoms with E-state index in [-0.39, 0.29) is 12.6 Å². The molecule has 0 N–H and O–H groups in total. The van der Waals surface area contributed by atoms with Gasteiger partial charge in [-0.2, -0.15) is 0 Å². The van der Waals surface area contributed by atoms with E-state index < -0.39 is 0 Å². The highest BCUT2D eigenvalue weighted by Gasteiger charge is 2.17. The molecule has 0 amide bonds.